The monoisotopic (exact) mass is 395 g/mol. The number of esters is 1. The Labute approximate surface area is 164 Å². The third kappa shape index (κ3) is 9.66. The van der Waals surface area contributed by atoms with Gasteiger partial charge in [0.2, 0.25) is 11.8 Å². The first-order valence-electron chi connectivity index (χ1n) is 8.48. The molecule has 0 atom stereocenters. The van der Waals surface area contributed by atoms with E-state index in [9.17, 15) is 14.4 Å². The maximum Gasteiger partial charge on any atom is 0.306 e. The van der Waals surface area contributed by atoms with Gasteiger partial charge in [0.25, 0.3) is 0 Å². The van der Waals surface area contributed by atoms with Crippen molar-refractivity contribution in [1.29, 1.82) is 0 Å². The van der Waals surface area contributed by atoms with Crippen molar-refractivity contribution in [3.63, 3.8) is 0 Å². The molecule has 9 heteroatoms. The van der Waals surface area contributed by atoms with Crippen LogP contribution in [-0.4, -0.2) is 43.2 Å². The fraction of sp³-hybridized carbons (Fsp3) is 0.444. The van der Waals surface area contributed by atoms with Gasteiger partial charge in [-0.3, -0.25) is 14.4 Å². The minimum Gasteiger partial charge on any atom is -0.463 e. The Morgan fingerprint density at radius 3 is 2.37 bits per heavy atom. The van der Waals surface area contributed by atoms with Gasteiger partial charge in [0.15, 0.2) is 5.11 Å². The summed E-state index contributed by atoms with van der Waals surface area (Å²) >= 11 is 5.09. The van der Waals surface area contributed by atoms with Crippen molar-refractivity contribution in [2.24, 2.45) is 5.92 Å². The fourth-order valence-corrected chi connectivity index (χ4v) is 2.07. The third-order valence-electron chi connectivity index (χ3n) is 3.27. The minimum atomic E-state index is -0.477. The van der Waals surface area contributed by atoms with E-state index < -0.39 is 11.9 Å². The van der Waals surface area contributed by atoms with Crippen LogP contribution in [-0.2, 0) is 23.9 Å². The summed E-state index contributed by atoms with van der Waals surface area (Å²) in [7, 11) is 1.50. The second-order valence-corrected chi connectivity index (χ2v) is 6.35. The number of anilines is 2. The summed E-state index contributed by atoms with van der Waals surface area (Å²) in [6, 6.07) is 6.95. The van der Waals surface area contributed by atoms with E-state index in [0.717, 1.165) is 0 Å². The Morgan fingerprint density at radius 1 is 1.07 bits per heavy atom. The molecule has 8 nitrogen and oxygen atoms in total. The molecule has 1 aromatic carbocycles. The molecule has 0 bridgehead atoms. The van der Waals surface area contributed by atoms with E-state index in [1.165, 1.54) is 7.11 Å². The summed E-state index contributed by atoms with van der Waals surface area (Å²) in [5.74, 6) is -1.11. The maximum atomic E-state index is 11.8. The van der Waals surface area contributed by atoms with Crippen molar-refractivity contribution >= 4 is 46.5 Å². The molecular weight excluding hydrogens is 370 g/mol. The second-order valence-electron chi connectivity index (χ2n) is 5.94. The number of hydrogen-bond acceptors (Lipinski definition) is 6. The van der Waals surface area contributed by atoms with Crippen LogP contribution in [0.5, 0.6) is 0 Å². The quantitative estimate of drug-likeness (QED) is 0.334. The topological polar surface area (TPSA) is 106 Å². The van der Waals surface area contributed by atoms with Crippen LogP contribution in [0.1, 0.15) is 26.7 Å². The first-order valence-corrected chi connectivity index (χ1v) is 8.89. The standard InChI is InChI=1S/C18H25N3O5S/c1-12(2)17(24)19-13-5-4-6-14(11-13)20-18(27)21-15(22)7-8-16(23)26-10-9-25-3/h4-6,11-12H,7-10H2,1-3H3,(H,19,24)(H2,20,21,22,27). The van der Waals surface area contributed by atoms with Gasteiger partial charge < -0.3 is 25.4 Å². The number of thiocarbonyl (C=S) groups is 1. The number of methoxy groups -OCH3 is 1. The first kappa shape index (κ1) is 22.5. The number of benzene rings is 1. The van der Waals surface area contributed by atoms with Crippen LogP contribution in [0.25, 0.3) is 0 Å². The third-order valence-corrected chi connectivity index (χ3v) is 3.48. The summed E-state index contributed by atoms with van der Waals surface area (Å²) in [6.07, 6.45) is -0.0903. The van der Waals surface area contributed by atoms with Crippen LogP contribution < -0.4 is 16.0 Å². The van der Waals surface area contributed by atoms with E-state index in [0.29, 0.717) is 18.0 Å². The summed E-state index contributed by atoms with van der Waals surface area (Å²) in [5, 5.41) is 8.23. The number of amides is 2. The molecule has 0 heterocycles. The van der Waals surface area contributed by atoms with Crippen molar-refractivity contribution in [1.82, 2.24) is 5.32 Å². The van der Waals surface area contributed by atoms with Crippen molar-refractivity contribution in [2.45, 2.75) is 26.7 Å². The van der Waals surface area contributed by atoms with Gasteiger partial charge in [0, 0.05) is 30.8 Å². The largest absolute Gasteiger partial charge is 0.463 e. The molecule has 0 fully saturated rings. The van der Waals surface area contributed by atoms with Crippen LogP contribution in [0, 0.1) is 5.92 Å². The van der Waals surface area contributed by atoms with Gasteiger partial charge in [-0.2, -0.15) is 0 Å². The Morgan fingerprint density at radius 2 is 1.74 bits per heavy atom. The number of carbonyl (C=O) groups is 3. The SMILES string of the molecule is COCCOC(=O)CCC(=O)NC(=S)Nc1cccc(NC(=O)C(C)C)c1. The lowest BCUT2D eigenvalue weighted by Crippen LogP contribution is -2.34. The molecule has 148 valence electrons. The van der Waals surface area contributed by atoms with Gasteiger partial charge in [-0.1, -0.05) is 19.9 Å². The first-order chi connectivity index (χ1) is 12.8. The van der Waals surface area contributed by atoms with Crippen LogP contribution >= 0.6 is 12.2 Å². The Hall–Kier alpha value is -2.52. The van der Waals surface area contributed by atoms with E-state index in [1.807, 2.05) is 0 Å². The highest BCUT2D eigenvalue weighted by atomic mass is 32.1. The number of hydrogen-bond donors (Lipinski definition) is 3. The van der Waals surface area contributed by atoms with Crippen molar-refractivity contribution in [2.75, 3.05) is 31.0 Å². The van der Waals surface area contributed by atoms with Crippen LogP contribution in [0.2, 0.25) is 0 Å². The molecule has 0 saturated carbocycles. The smallest absolute Gasteiger partial charge is 0.306 e. The molecular formula is C18H25N3O5S. The van der Waals surface area contributed by atoms with Crippen molar-refractivity contribution < 1.29 is 23.9 Å². The lowest BCUT2D eigenvalue weighted by molar-refractivity contribution is -0.146. The minimum absolute atomic E-state index is 0.0435. The zero-order valence-corrected chi connectivity index (χ0v) is 16.5. The van der Waals surface area contributed by atoms with E-state index >= 15 is 0 Å². The summed E-state index contributed by atoms with van der Waals surface area (Å²) < 4.78 is 9.63. The number of nitrogens with one attached hydrogen (secondary N) is 3. The van der Waals surface area contributed by atoms with Gasteiger partial charge in [0.1, 0.15) is 6.61 Å². The summed E-state index contributed by atoms with van der Waals surface area (Å²) in [5.41, 5.74) is 1.23. The maximum absolute atomic E-state index is 11.8. The van der Waals surface area contributed by atoms with Gasteiger partial charge in [-0.25, -0.2) is 0 Å². The van der Waals surface area contributed by atoms with Crippen molar-refractivity contribution in [3.8, 4) is 0 Å². The van der Waals surface area contributed by atoms with E-state index in [-0.39, 0.29) is 36.4 Å². The van der Waals surface area contributed by atoms with Crippen LogP contribution in [0.4, 0.5) is 11.4 Å². The molecule has 0 radical (unpaired) electrons. The van der Waals surface area contributed by atoms with Crippen LogP contribution in [0.3, 0.4) is 0 Å². The van der Waals surface area contributed by atoms with Gasteiger partial charge in [-0.05, 0) is 30.4 Å². The average molecular weight is 395 g/mol. The molecule has 0 aliphatic carbocycles. The van der Waals surface area contributed by atoms with Gasteiger partial charge in [0.05, 0.1) is 13.0 Å². The molecule has 1 aromatic rings. The van der Waals surface area contributed by atoms with Crippen molar-refractivity contribution in [3.05, 3.63) is 24.3 Å². The second kappa shape index (κ2) is 12.0. The molecule has 1 rings (SSSR count). The highest BCUT2D eigenvalue weighted by Crippen LogP contribution is 2.16. The number of rotatable bonds is 9. The normalized spacial score (nSPS) is 10.2. The summed E-state index contributed by atoms with van der Waals surface area (Å²) in [4.78, 5) is 35.0. The molecule has 0 aliphatic heterocycles. The van der Waals surface area contributed by atoms with Crippen LogP contribution in [0.15, 0.2) is 24.3 Å². The summed E-state index contributed by atoms with van der Waals surface area (Å²) in [6.45, 7) is 4.06. The lowest BCUT2D eigenvalue weighted by atomic mass is 10.2. The Balaban J connectivity index is 2.42. The van der Waals surface area contributed by atoms with E-state index in [4.69, 9.17) is 21.7 Å². The lowest BCUT2D eigenvalue weighted by Gasteiger charge is -2.12. The predicted molar refractivity (Wildman–Crippen MR) is 106 cm³/mol. The zero-order valence-electron chi connectivity index (χ0n) is 15.7. The molecule has 2 amide bonds. The zero-order chi connectivity index (χ0) is 20.2. The Bertz CT molecular complexity index is 679. The van der Waals surface area contributed by atoms with Gasteiger partial charge in [-0.15, -0.1) is 0 Å². The highest BCUT2D eigenvalue weighted by molar-refractivity contribution is 7.80. The molecule has 0 aliphatic rings. The molecule has 0 spiro atoms. The number of ether oxygens (including phenoxy) is 2. The number of carbonyl (C=O) groups excluding carboxylic acids is 3. The van der Waals surface area contributed by atoms with E-state index in [2.05, 4.69) is 16.0 Å². The average Bonchev–Trinajstić information content (AvgIpc) is 2.60. The molecule has 3 N–H and O–H groups in total. The molecule has 0 unspecified atom stereocenters. The molecule has 27 heavy (non-hydrogen) atoms. The Kier molecular flexibility index (Phi) is 9.99. The predicted octanol–water partition coefficient (Wildman–Crippen LogP) is 2.06. The van der Waals surface area contributed by atoms with Gasteiger partial charge >= 0.3 is 5.97 Å². The van der Waals surface area contributed by atoms with E-state index in [1.54, 1.807) is 38.1 Å². The molecule has 0 saturated heterocycles. The fourth-order valence-electron chi connectivity index (χ4n) is 1.84. The molecule has 0 aromatic heterocycles. The highest BCUT2D eigenvalue weighted by Gasteiger charge is 2.10.